The molecule has 1 heterocycles. The van der Waals surface area contributed by atoms with Crippen LogP contribution in [0.1, 0.15) is 15.9 Å². The van der Waals surface area contributed by atoms with E-state index in [1.54, 1.807) is 30.3 Å². The maximum Gasteiger partial charge on any atom is 0.265 e. The van der Waals surface area contributed by atoms with Crippen LogP contribution < -0.4 is 9.64 Å². The van der Waals surface area contributed by atoms with Crippen LogP contribution in [0.2, 0.25) is 5.02 Å². The van der Waals surface area contributed by atoms with E-state index in [-0.39, 0.29) is 24.8 Å². The van der Waals surface area contributed by atoms with Crippen molar-refractivity contribution in [3.8, 4) is 5.75 Å². The summed E-state index contributed by atoms with van der Waals surface area (Å²) in [5.74, 6) is 0.178. The first-order valence-electron chi connectivity index (χ1n) is 6.87. The van der Waals surface area contributed by atoms with E-state index < -0.39 is 0 Å². The predicted molar refractivity (Wildman–Crippen MR) is 84.8 cm³/mol. The Morgan fingerprint density at radius 1 is 1.23 bits per heavy atom. The van der Waals surface area contributed by atoms with Crippen LogP contribution >= 0.6 is 11.6 Å². The molecule has 0 atom stereocenters. The third-order valence-corrected chi connectivity index (χ3v) is 3.77. The number of hydrogen-bond acceptors (Lipinski definition) is 3. The van der Waals surface area contributed by atoms with Gasteiger partial charge >= 0.3 is 0 Å². The minimum atomic E-state index is -0.254. The van der Waals surface area contributed by atoms with Gasteiger partial charge < -0.3 is 4.74 Å². The standard InChI is InChI=1S/C17H14ClNO3/c1-11-2-4-12(5-3-11)15(20)9-19-14-8-13(18)6-7-16(14)22-10-17(19)21/h2-8H,9-10H2,1H3. The second-order valence-corrected chi connectivity index (χ2v) is 5.61. The Labute approximate surface area is 133 Å². The summed E-state index contributed by atoms with van der Waals surface area (Å²) >= 11 is 5.98. The summed E-state index contributed by atoms with van der Waals surface area (Å²) in [6, 6.07) is 12.3. The third kappa shape index (κ3) is 2.83. The summed E-state index contributed by atoms with van der Waals surface area (Å²) in [7, 11) is 0. The molecule has 0 aliphatic carbocycles. The molecule has 3 rings (SSSR count). The van der Waals surface area contributed by atoms with E-state index in [1.165, 1.54) is 4.90 Å². The number of ether oxygens (including phenoxy) is 1. The second-order valence-electron chi connectivity index (χ2n) is 5.17. The summed E-state index contributed by atoms with van der Waals surface area (Å²) in [6.45, 7) is 1.85. The van der Waals surface area contributed by atoms with Gasteiger partial charge in [0.2, 0.25) is 0 Å². The molecule has 0 unspecified atom stereocenters. The van der Waals surface area contributed by atoms with Crippen LogP contribution in [0.3, 0.4) is 0 Å². The van der Waals surface area contributed by atoms with Gasteiger partial charge in [-0.3, -0.25) is 14.5 Å². The number of amides is 1. The number of carbonyl (C=O) groups is 2. The number of anilines is 1. The monoisotopic (exact) mass is 315 g/mol. The Balaban J connectivity index is 1.88. The van der Waals surface area contributed by atoms with Crippen LogP contribution in [0.5, 0.6) is 5.75 Å². The summed E-state index contributed by atoms with van der Waals surface area (Å²) in [4.78, 5) is 25.9. The summed E-state index contributed by atoms with van der Waals surface area (Å²) in [6.07, 6.45) is 0. The first kappa shape index (κ1) is 14.6. The molecule has 0 N–H and O–H groups in total. The van der Waals surface area contributed by atoms with Crippen molar-refractivity contribution in [3.05, 3.63) is 58.6 Å². The van der Waals surface area contributed by atoms with E-state index in [9.17, 15) is 9.59 Å². The van der Waals surface area contributed by atoms with E-state index in [0.717, 1.165) is 5.56 Å². The normalized spacial score (nSPS) is 13.5. The number of hydrogen-bond donors (Lipinski definition) is 0. The van der Waals surface area contributed by atoms with Crippen molar-refractivity contribution in [1.82, 2.24) is 0 Å². The molecule has 1 amide bonds. The molecule has 22 heavy (non-hydrogen) atoms. The van der Waals surface area contributed by atoms with Crippen LogP contribution in [0.15, 0.2) is 42.5 Å². The average molecular weight is 316 g/mol. The Morgan fingerprint density at radius 3 is 2.68 bits per heavy atom. The molecule has 5 heteroatoms. The maximum atomic E-state index is 12.4. The zero-order chi connectivity index (χ0) is 15.7. The van der Waals surface area contributed by atoms with Crippen LogP contribution in [-0.4, -0.2) is 24.8 Å². The lowest BCUT2D eigenvalue weighted by Crippen LogP contribution is -2.42. The van der Waals surface area contributed by atoms with Crippen molar-refractivity contribution in [3.63, 3.8) is 0 Å². The molecule has 2 aromatic carbocycles. The number of fused-ring (bicyclic) bond motifs is 1. The van der Waals surface area contributed by atoms with Crippen LogP contribution in [0.4, 0.5) is 5.69 Å². The fourth-order valence-corrected chi connectivity index (χ4v) is 2.49. The van der Waals surface area contributed by atoms with Crippen molar-refractivity contribution in [2.45, 2.75) is 6.92 Å². The quantitative estimate of drug-likeness (QED) is 0.817. The van der Waals surface area contributed by atoms with Gasteiger partial charge in [0.15, 0.2) is 12.4 Å². The fourth-order valence-electron chi connectivity index (χ4n) is 2.32. The highest BCUT2D eigenvalue weighted by atomic mass is 35.5. The zero-order valence-electron chi connectivity index (χ0n) is 12.0. The van der Waals surface area contributed by atoms with E-state index in [1.807, 2.05) is 19.1 Å². The summed E-state index contributed by atoms with van der Waals surface area (Å²) < 4.78 is 5.36. The number of carbonyl (C=O) groups excluding carboxylic acids is 2. The number of halogens is 1. The molecular weight excluding hydrogens is 302 g/mol. The first-order valence-corrected chi connectivity index (χ1v) is 7.25. The van der Waals surface area contributed by atoms with E-state index in [2.05, 4.69) is 0 Å². The van der Waals surface area contributed by atoms with Crippen LogP contribution in [0.25, 0.3) is 0 Å². The van der Waals surface area contributed by atoms with Gasteiger partial charge in [-0.1, -0.05) is 41.4 Å². The Bertz CT molecular complexity index is 740. The minimum Gasteiger partial charge on any atom is -0.482 e. The molecule has 112 valence electrons. The van der Waals surface area contributed by atoms with Crippen molar-refractivity contribution in [2.24, 2.45) is 0 Å². The van der Waals surface area contributed by atoms with Crippen molar-refractivity contribution in [1.29, 1.82) is 0 Å². The SMILES string of the molecule is Cc1ccc(C(=O)CN2C(=O)COc3ccc(Cl)cc32)cc1. The van der Waals surface area contributed by atoms with Crippen molar-refractivity contribution >= 4 is 29.0 Å². The average Bonchev–Trinajstić information content (AvgIpc) is 2.51. The number of nitrogens with zero attached hydrogens (tertiary/aromatic N) is 1. The van der Waals surface area contributed by atoms with Gasteiger partial charge in [0.05, 0.1) is 12.2 Å². The predicted octanol–water partition coefficient (Wildman–Crippen LogP) is 3.26. The molecule has 4 nitrogen and oxygen atoms in total. The Morgan fingerprint density at radius 2 is 1.95 bits per heavy atom. The van der Waals surface area contributed by atoms with Gasteiger partial charge in [0.1, 0.15) is 5.75 Å². The van der Waals surface area contributed by atoms with Crippen LogP contribution in [0, 0.1) is 6.92 Å². The number of ketones is 1. The third-order valence-electron chi connectivity index (χ3n) is 3.54. The molecule has 0 spiro atoms. The van der Waals surface area contributed by atoms with E-state index in [4.69, 9.17) is 16.3 Å². The number of benzene rings is 2. The Kier molecular flexibility index (Phi) is 3.86. The van der Waals surface area contributed by atoms with Crippen molar-refractivity contribution < 1.29 is 14.3 Å². The minimum absolute atomic E-state index is 0.0292. The van der Waals surface area contributed by atoms with Crippen molar-refractivity contribution in [2.75, 3.05) is 18.1 Å². The highest BCUT2D eigenvalue weighted by Crippen LogP contribution is 2.34. The largest absolute Gasteiger partial charge is 0.482 e. The smallest absolute Gasteiger partial charge is 0.265 e. The highest BCUT2D eigenvalue weighted by molar-refractivity contribution is 6.31. The molecule has 1 aliphatic rings. The molecule has 0 bridgehead atoms. The lowest BCUT2D eigenvalue weighted by molar-refractivity contribution is -0.121. The van der Waals surface area contributed by atoms with Gasteiger partial charge in [0, 0.05) is 10.6 Å². The number of aryl methyl sites for hydroxylation is 1. The van der Waals surface area contributed by atoms with Gasteiger partial charge in [-0.15, -0.1) is 0 Å². The van der Waals surface area contributed by atoms with Gasteiger partial charge in [0.25, 0.3) is 5.91 Å². The molecule has 2 aromatic rings. The lowest BCUT2D eigenvalue weighted by Gasteiger charge is -2.29. The lowest BCUT2D eigenvalue weighted by atomic mass is 10.1. The van der Waals surface area contributed by atoms with Gasteiger partial charge in [-0.25, -0.2) is 0 Å². The van der Waals surface area contributed by atoms with E-state index >= 15 is 0 Å². The van der Waals surface area contributed by atoms with Crippen LogP contribution in [-0.2, 0) is 4.79 Å². The topological polar surface area (TPSA) is 46.6 Å². The summed E-state index contributed by atoms with van der Waals surface area (Å²) in [5, 5.41) is 0.491. The molecular formula is C17H14ClNO3. The second kappa shape index (κ2) is 5.81. The highest BCUT2D eigenvalue weighted by Gasteiger charge is 2.27. The zero-order valence-corrected chi connectivity index (χ0v) is 12.8. The Hall–Kier alpha value is -2.33. The maximum absolute atomic E-state index is 12.4. The molecule has 0 saturated heterocycles. The van der Waals surface area contributed by atoms with Gasteiger partial charge in [-0.05, 0) is 25.1 Å². The molecule has 1 aliphatic heterocycles. The van der Waals surface area contributed by atoms with Gasteiger partial charge in [-0.2, -0.15) is 0 Å². The molecule has 0 aromatic heterocycles. The number of Topliss-reactive ketones (excluding diaryl/α,β-unsaturated/α-hetero) is 1. The molecule has 0 fully saturated rings. The first-order chi connectivity index (χ1) is 10.5. The molecule has 0 radical (unpaired) electrons. The number of rotatable bonds is 3. The summed E-state index contributed by atoms with van der Waals surface area (Å²) in [5.41, 5.74) is 2.19. The van der Waals surface area contributed by atoms with E-state index in [0.29, 0.717) is 22.0 Å². The molecule has 0 saturated carbocycles. The fraction of sp³-hybridized carbons (Fsp3) is 0.176.